The van der Waals surface area contributed by atoms with Gasteiger partial charge in [0.2, 0.25) is 0 Å². The molecule has 1 aliphatic rings. The van der Waals surface area contributed by atoms with Gasteiger partial charge in [-0.15, -0.1) is 11.3 Å². The van der Waals surface area contributed by atoms with Crippen LogP contribution < -0.4 is 5.32 Å². The molecule has 1 fully saturated rings. The number of anilines is 1. The van der Waals surface area contributed by atoms with Gasteiger partial charge >= 0.3 is 0 Å². The summed E-state index contributed by atoms with van der Waals surface area (Å²) >= 11 is 7.91. The highest BCUT2D eigenvalue weighted by Gasteiger charge is 2.23. The largest absolute Gasteiger partial charge is 0.367 e. The SMILES string of the molecule is Fc1ccc(-c2c(Cl)sc3ncnc(NC4CCN(Cc5cc(F)cc(F)c5)CC4)c23)cc1. The first-order valence-electron chi connectivity index (χ1n) is 10.6. The maximum Gasteiger partial charge on any atom is 0.139 e. The Hall–Kier alpha value is -2.68. The van der Waals surface area contributed by atoms with Gasteiger partial charge < -0.3 is 5.32 Å². The lowest BCUT2D eigenvalue weighted by Gasteiger charge is -2.32. The number of likely N-dealkylation sites (tertiary alicyclic amines) is 1. The molecule has 0 atom stereocenters. The van der Waals surface area contributed by atoms with Crippen LogP contribution in [-0.4, -0.2) is 34.0 Å². The van der Waals surface area contributed by atoms with Crippen molar-refractivity contribution in [3.8, 4) is 11.1 Å². The second-order valence-corrected chi connectivity index (χ2v) is 9.73. The molecule has 0 spiro atoms. The van der Waals surface area contributed by atoms with Crippen molar-refractivity contribution in [1.82, 2.24) is 14.9 Å². The minimum atomic E-state index is -0.555. The van der Waals surface area contributed by atoms with Gasteiger partial charge in [-0.3, -0.25) is 4.90 Å². The monoisotopic (exact) mass is 488 g/mol. The van der Waals surface area contributed by atoms with Crippen LogP contribution in [0.4, 0.5) is 19.0 Å². The first kappa shape index (κ1) is 22.1. The minimum absolute atomic E-state index is 0.184. The van der Waals surface area contributed by atoms with E-state index in [-0.39, 0.29) is 11.9 Å². The number of nitrogens with zero attached hydrogens (tertiary/aromatic N) is 3. The number of benzene rings is 2. The Bertz CT molecular complexity index is 1270. The van der Waals surface area contributed by atoms with Gasteiger partial charge in [0.25, 0.3) is 0 Å². The molecule has 2 aromatic carbocycles. The summed E-state index contributed by atoms with van der Waals surface area (Å²) in [4.78, 5) is 11.8. The molecular formula is C24H20ClF3N4S. The molecule has 0 unspecified atom stereocenters. The average Bonchev–Trinajstić information content (AvgIpc) is 3.12. The summed E-state index contributed by atoms with van der Waals surface area (Å²) in [6.45, 7) is 2.09. The van der Waals surface area contributed by atoms with Gasteiger partial charge in [0.15, 0.2) is 0 Å². The number of halogens is 4. The summed E-state index contributed by atoms with van der Waals surface area (Å²) in [5, 5.41) is 4.37. The van der Waals surface area contributed by atoms with Crippen molar-refractivity contribution in [3.05, 3.63) is 76.1 Å². The molecule has 0 radical (unpaired) electrons. The fourth-order valence-electron chi connectivity index (χ4n) is 4.28. The molecule has 0 bridgehead atoms. The molecule has 33 heavy (non-hydrogen) atoms. The van der Waals surface area contributed by atoms with E-state index in [1.54, 1.807) is 12.1 Å². The summed E-state index contributed by atoms with van der Waals surface area (Å²) in [7, 11) is 0. The fourth-order valence-corrected chi connectivity index (χ4v) is 5.59. The van der Waals surface area contributed by atoms with Crippen LogP contribution in [0.1, 0.15) is 18.4 Å². The second-order valence-electron chi connectivity index (χ2n) is 8.13. The molecule has 1 N–H and O–H groups in total. The van der Waals surface area contributed by atoms with Crippen LogP contribution in [0.15, 0.2) is 48.8 Å². The van der Waals surface area contributed by atoms with E-state index in [1.165, 1.54) is 41.9 Å². The van der Waals surface area contributed by atoms with Crippen molar-refractivity contribution < 1.29 is 13.2 Å². The van der Waals surface area contributed by atoms with E-state index in [4.69, 9.17) is 11.6 Å². The van der Waals surface area contributed by atoms with E-state index in [0.717, 1.165) is 53.3 Å². The van der Waals surface area contributed by atoms with Crippen LogP contribution in [-0.2, 0) is 6.54 Å². The molecule has 2 aromatic heterocycles. The quantitative estimate of drug-likeness (QED) is 0.348. The van der Waals surface area contributed by atoms with Gasteiger partial charge in [-0.25, -0.2) is 23.1 Å². The third-order valence-electron chi connectivity index (χ3n) is 5.84. The van der Waals surface area contributed by atoms with E-state index < -0.39 is 11.6 Å². The van der Waals surface area contributed by atoms with Crippen molar-refractivity contribution in [2.75, 3.05) is 18.4 Å². The van der Waals surface area contributed by atoms with Crippen molar-refractivity contribution in [1.29, 1.82) is 0 Å². The molecule has 5 rings (SSSR count). The highest BCUT2D eigenvalue weighted by molar-refractivity contribution is 7.23. The topological polar surface area (TPSA) is 41.1 Å². The number of fused-ring (bicyclic) bond motifs is 1. The molecule has 0 saturated carbocycles. The third-order valence-corrected chi connectivity index (χ3v) is 7.14. The van der Waals surface area contributed by atoms with Crippen LogP contribution in [0.25, 0.3) is 21.3 Å². The lowest BCUT2D eigenvalue weighted by Crippen LogP contribution is -2.38. The zero-order valence-electron chi connectivity index (χ0n) is 17.5. The first-order valence-corrected chi connectivity index (χ1v) is 11.8. The molecule has 0 amide bonds. The molecule has 170 valence electrons. The van der Waals surface area contributed by atoms with E-state index in [0.29, 0.717) is 22.3 Å². The summed E-state index contributed by atoms with van der Waals surface area (Å²) in [5.41, 5.74) is 2.24. The molecule has 1 saturated heterocycles. The highest BCUT2D eigenvalue weighted by atomic mass is 35.5. The second kappa shape index (κ2) is 9.29. The Morgan fingerprint density at radius 2 is 1.67 bits per heavy atom. The first-order chi connectivity index (χ1) is 16.0. The number of rotatable bonds is 5. The van der Waals surface area contributed by atoms with E-state index in [1.807, 2.05) is 0 Å². The maximum atomic E-state index is 13.5. The standard InChI is InChI=1S/C24H20ClF3N4S/c25-22-20(15-1-3-16(26)4-2-15)21-23(29-13-30-24(21)33-22)31-19-5-7-32(8-6-19)12-14-9-17(27)11-18(28)10-14/h1-4,9-11,13,19H,5-8,12H2,(H,29,30,31). The molecule has 3 heterocycles. The van der Waals surface area contributed by atoms with Crippen molar-refractivity contribution in [2.24, 2.45) is 0 Å². The van der Waals surface area contributed by atoms with Crippen molar-refractivity contribution in [2.45, 2.75) is 25.4 Å². The van der Waals surface area contributed by atoms with Crippen LogP contribution >= 0.6 is 22.9 Å². The predicted octanol–water partition coefficient (Wildman–Crippen LogP) is 6.51. The molecule has 4 aromatic rings. The Morgan fingerprint density at radius 3 is 2.36 bits per heavy atom. The van der Waals surface area contributed by atoms with Gasteiger partial charge in [0.1, 0.15) is 38.8 Å². The summed E-state index contributed by atoms with van der Waals surface area (Å²) in [5.74, 6) is -0.716. The Balaban J connectivity index is 1.32. The van der Waals surface area contributed by atoms with Crippen molar-refractivity contribution in [3.63, 3.8) is 0 Å². The summed E-state index contributed by atoms with van der Waals surface area (Å²) in [6.07, 6.45) is 3.22. The molecule has 0 aliphatic carbocycles. The van der Waals surface area contributed by atoms with Crippen LogP contribution in [0, 0.1) is 17.5 Å². The van der Waals surface area contributed by atoms with Crippen LogP contribution in [0.3, 0.4) is 0 Å². The smallest absolute Gasteiger partial charge is 0.139 e. The van der Waals surface area contributed by atoms with Gasteiger partial charge in [0.05, 0.1) is 5.39 Å². The van der Waals surface area contributed by atoms with Gasteiger partial charge in [-0.1, -0.05) is 23.7 Å². The maximum absolute atomic E-state index is 13.5. The number of aromatic nitrogens is 2. The van der Waals surface area contributed by atoms with Crippen LogP contribution in [0.2, 0.25) is 4.34 Å². The lowest BCUT2D eigenvalue weighted by molar-refractivity contribution is 0.211. The van der Waals surface area contributed by atoms with E-state index in [9.17, 15) is 13.2 Å². The van der Waals surface area contributed by atoms with E-state index in [2.05, 4.69) is 20.2 Å². The van der Waals surface area contributed by atoms with E-state index >= 15 is 0 Å². The number of hydrogen-bond donors (Lipinski definition) is 1. The molecule has 9 heteroatoms. The minimum Gasteiger partial charge on any atom is -0.367 e. The number of piperidine rings is 1. The average molecular weight is 489 g/mol. The Labute approximate surface area is 198 Å². The fraction of sp³-hybridized carbons (Fsp3) is 0.250. The number of thiophene rings is 1. The molecular weight excluding hydrogens is 469 g/mol. The van der Waals surface area contributed by atoms with Crippen LogP contribution in [0.5, 0.6) is 0 Å². The molecule has 1 aliphatic heterocycles. The molecule has 4 nitrogen and oxygen atoms in total. The Kier molecular flexibility index (Phi) is 6.23. The number of nitrogens with one attached hydrogen (secondary N) is 1. The summed E-state index contributed by atoms with van der Waals surface area (Å²) < 4.78 is 41.0. The zero-order chi connectivity index (χ0) is 22.9. The lowest BCUT2D eigenvalue weighted by atomic mass is 10.0. The summed E-state index contributed by atoms with van der Waals surface area (Å²) in [6, 6.07) is 10.0. The van der Waals surface area contributed by atoms with Crippen molar-refractivity contribution >= 4 is 39.0 Å². The number of hydrogen-bond acceptors (Lipinski definition) is 5. The van der Waals surface area contributed by atoms with Gasteiger partial charge in [-0.05, 0) is 48.2 Å². The highest BCUT2D eigenvalue weighted by Crippen LogP contribution is 2.44. The third kappa shape index (κ3) is 4.83. The van der Waals surface area contributed by atoms with Gasteiger partial charge in [-0.2, -0.15) is 0 Å². The van der Waals surface area contributed by atoms with Gasteiger partial charge in [0, 0.05) is 37.3 Å². The zero-order valence-corrected chi connectivity index (χ0v) is 19.1. The predicted molar refractivity (Wildman–Crippen MR) is 126 cm³/mol. The normalized spacial score (nSPS) is 15.3. The Morgan fingerprint density at radius 1 is 0.970 bits per heavy atom.